The predicted molar refractivity (Wildman–Crippen MR) is 52.1 cm³/mol. The van der Waals surface area contributed by atoms with Crippen LogP contribution in [0.3, 0.4) is 0 Å². The lowest BCUT2D eigenvalue weighted by molar-refractivity contribution is -0.145. The van der Waals surface area contributed by atoms with Gasteiger partial charge in [-0.1, -0.05) is 0 Å². The van der Waals surface area contributed by atoms with Crippen molar-refractivity contribution >= 4 is 28.6 Å². The zero-order valence-corrected chi connectivity index (χ0v) is 8.57. The maximum atomic E-state index is 11.0. The summed E-state index contributed by atoms with van der Waals surface area (Å²) >= 11 is 1.13. The van der Waals surface area contributed by atoms with Gasteiger partial charge in [-0.2, -0.15) is 0 Å². The Balaban J connectivity index is 3.62. The molecule has 0 amide bonds. The molecule has 0 radical (unpaired) electrons. The molecule has 1 N–H and O–H groups in total. The number of hydrogen-bond acceptors (Lipinski definition) is 5. The Kier molecular flexibility index (Phi) is 6.22. The van der Waals surface area contributed by atoms with Crippen molar-refractivity contribution in [3.63, 3.8) is 0 Å². The lowest BCUT2D eigenvalue weighted by atomic mass is 10.3. The van der Waals surface area contributed by atoms with Crippen molar-refractivity contribution < 1.29 is 14.3 Å². The van der Waals surface area contributed by atoms with Crippen molar-refractivity contribution in [3.05, 3.63) is 0 Å². The second-order valence-corrected chi connectivity index (χ2v) is 3.56. The van der Waals surface area contributed by atoms with Gasteiger partial charge in [0.05, 0.1) is 17.4 Å². The zero-order chi connectivity index (χ0) is 10.3. The molecule has 0 saturated heterocycles. The lowest BCUT2D eigenvalue weighted by Crippen LogP contribution is -2.13. The maximum Gasteiger partial charge on any atom is 0.313 e. The average molecular weight is 203 g/mol. The highest BCUT2D eigenvalue weighted by Gasteiger charge is 2.10. The average Bonchev–Trinajstić information content (AvgIpc) is 2.01. The number of hydrogen-bond donors (Lipinski definition) is 1. The molecule has 0 fully saturated rings. The fourth-order valence-electron chi connectivity index (χ4n) is 0.613. The Labute approximate surface area is 81.5 Å². The fourth-order valence-corrected chi connectivity index (χ4v) is 1.09. The first kappa shape index (κ1) is 12.2. The molecule has 0 aliphatic carbocycles. The van der Waals surface area contributed by atoms with Crippen molar-refractivity contribution in [2.75, 3.05) is 12.4 Å². The number of ether oxygens (including phenoxy) is 1. The second-order valence-electron chi connectivity index (χ2n) is 2.37. The Bertz CT molecular complexity index is 215. The standard InChI is InChI=1S/C8H13NO3S/c1-3-12-8(11)4-7(10)5-13-6(2)9/h9H,3-5H2,1-2H3. The van der Waals surface area contributed by atoms with Gasteiger partial charge >= 0.3 is 5.97 Å². The van der Waals surface area contributed by atoms with E-state index in [1.54, 1.807) is 13.8 Å². The molecule has 13 heavy (non-hydrogen) atoms. The number of esters is 1. The van der Waals surface area contributed by atoms with Gasteiger partial charge in [0.2, 0.25) is 0 Å². The van der Waals surface area contributed by atoms with E-state index in [2.05, 4.69) is 4.74 Å². The molecule has 0 saturated carbocycles. The van der Waals surface area contributed by atoms with E-state index in [4.69, 9.17) is 5.41 Å². The highest BCUT2D eigenvalue weighted by Crippen LogP contribution is 2.03. The van der Waals surface area contributed by atoms with Gasteiger partial charge in [-0.15, -0.1) is 11.8 Å². The number of nitrogens with one attached hydrogen (secondary N) is 1. The third-order valence-electron chi connectivity index (χ3n) is 1.10. The van der Waals surface area contributed by atoms with E-state index < -0.39 is 5.97 Å². The highest BCUT2D eigenvalue weighted by atomic mass is 32.2. The van der Waals surface area contributed by atoms with Gasteiger partial charge in [0.1, 0.15) is 6.42 Å². The molecule has 0 aliphatic rings. The molecule has 0 aromatic rings. The van der Waals surface area contributed by atoms with Crippen molar-refractivity contribution in [3.8, 4) is 0 Å². The Morgan fingerprint density at radius 2 is 2.08 bits per heavy atom. The molecule has 74 valence electrons. The molecule has 5 heteroatoms. The van der Waals surface area contributed by atoms with E-state index >= 15 is 0 Å². The summed E-state index contributed by atoms with van der Waals surface area (Å²) < 4.78 is 4.60. The summed E-state index contributed by atoms with van der Waals surface area (Å²) in [6, 6.07) is 0. The molecular formula is C8H13NO3S. The van der Waals surface area contributed by atoms with E-state index in [1.807, 2.05) is 0 Å². The van der Waals surface area contributed by atoms with Crippen LogP contribution in [-0.2, 0) is 14.3 Å². The van der Waals surface area contributed by atoms with Gasteiger partial charge in [0.25, 0.3) is 0 Å². The fraction of sp³-hybridized carbons (Fsp3) is 0.625. The van der Waals surface area contributed by atoms with Crippen molar-refractivity contribution in [1.82, 2.24) is 0 Å². The Hall–Kier alpha value is -0.840. The molecule has 0 heterocycles. The van der Waals surface area contributed by atoms with Gasteiger partial charge in [-0.3, -0.25) is 15.0 Å². The first-order valence-electron chi connectivity index (χ1n) is 3.91. The Morgan fingerprint density at radius 3 is 2.54 bits per heavy atom. The number of carbonyl (C=O) groups is 2. The van der Waals surface area contributed by atoms with Gasteiger partial charge in [-0.25, -0.2) is 0 Å². The third-order valence-corrected chi connectivity index (χ3v) is 2.00. The molecule has 4 nitrogen and oxygen atoms in total. The van der Waals surface area contributed by atoms with Crippen LogP contribution in [0.2, 0.25) is 0 Å². The van der Waals surface area contributed by atoms with Crippen LogP contribution in [0, 0.1) is 5.41 Å². The minimum absolute atomic E-state index is 0.175. The second kappa shape index (κ2) is 6.65. The monoisotopic (exact) mass is 203 g/mol. The molecule has 0 atom stereocenters. The van der Waals surface area contributed by atoms with Crippen LogP contribution >= 0.6 is 11.8 Å². The number of carbonyl (C=O) groups excluding carboxylic acids is 2. The largest absolute Gasteiger partial charge is 0.466 e. The Morgan fingerprint density at radius 1 is 1.46 bits per heavy atom. The molecule has 0 aromatic carbocycles. The summed E-state index contributed by atoms with van der Waals surface area (Å²) in [5.41, 5.74) is 0. The normalized spacial score (nSPS) is 9.38. The van der Waals surface area contributed by atoms with E-state index in [0.29, 0.717) is 11.7 Å². The van der Waals surface area contributed by atoms with Crippen LogP contribution < -0.4 is 0 Å². The van der Waals surface area contributed by atoms with E-state index in [0.717, 1.165) is 11.8 Å². The van der Waals surface area contributed by atoms with E-state index in [1.165, 1.54) is 0 Å². The topological polar surface area (TPSA) is 67.2 Å². The van der Waals surface area contributed by atoms with Crippen LogP contribution in [0.4, 0.5) is 0 Å². The van der Waals surface area contributed by atoms with Crippen LogP contribution in [0.25, 0.3) is 0 Å². The summed E-state index contributed by atoms with van der Waals surface area (Å²) in [6.45, 7) is 3.59. The van der Waals surface area contributed by atoms with Crippen LogP contribution in [0.5, 0.6) is 0 Å². The van der Waals surface area contributed by atoms with Crippen LogP contribution in [0.15, 0.2) is 0 Å². The van der Waals surface area contributed by atoms with Gasteiger partial charge in [0, 0.05) is 0 Å². The molecule has 0 rings (SSSR count). The summed E-state index contributed by atoms with van der Waals surface area (Å²) in [7, 11) is 0. The van der Waals surface area contributed by atoms with Gasteiger partial charge in [0.15, 0.2) is 5.78 Å². The quantitative estimate of drug-likeness (QED) is 0.316. The van der Waals surface area contributed by atoms with Crippen molar-refractivity contribution in [2.24, 2.45) is 0 Å². The van der Waals surface area contributed by atoms with E-state index in [9.17, 15) is 9.59 Å². The summed E-state index contributed by atoms with van der Waals surface area (Å²) in [6.07, 6.45) is -0.186. The molecule has 0 bridgehead atoms. The summed E-state index contributed by atoms with van der Waals surface area (Å²) in [5, 5.41) is 7.42. The minimum atomic E-state index is -0.490. The van der Waals surface area contributed by atoms with Crippen molar-refractivity contribution in [2.45, 2.75) is 20.3 Å². The maximum absolute atomic E-state index is 11.0. The SMILES string of the molecule is CCOC(=O)CC(=O)CSC(C)=N. The lowest BCUT2D eigenvalue weighted by Gasteiger charge is -2.00. The molecule has 0 spiro atoms. The molecule has 0 aromatic heterocycles. The highest BCUT2D eigenvalue weighted by molar-refractivity contribution is 8.14. The number of thioether (sulfide) groups is 1. The summed E-state index contributed by atoms with van der Waals surface area (Å²) in [4.78, 5) is 21.8. The first-order chi connectivity index (χ1) is 6.06. The minimum Gasteiger partial charge on any atom is -0.466 e. The summed E-state index contributed by atoms with van der Waals surface area (Å²) in [5.74, 6) is -0.514. The zero-order valence-electron chi connectivity index (χ0n) is 7.75. The molecule has 0 aliphatic heterocycles. The van der Waals surface area contributed by atoms with Crippen LogP contribution in [0.1, 0.15) is 20.3 Å². The van der Waals surface area contributed by atoms with Crippen LogP contribution in [-0.4, -0.2) is 29.2 Å². The van der Waals surface area contributed by atoms with Gasteiger partial charge in [-0.05, 0) is 13.8 Å². The molecule has 0 unspecified atom stereocenters. The number of rotatable bonds is 5. The third kappa shape index (κ3) is 7.52. The smallest absolute Gasteiger partial charge is 0.313 e. The van der Waals surface area contributed by atoms with Crippen molar-refractivity contribution in [1.29, 1.82) is 5.41 Å². The predicted octanol–water partition coefficient (Wildman–Crippen LogP) is 1.24. The number of ketones is 1. The molecular weight excluding hydrogens is 190 g/mol. The van der Waals surface area contributed by atoms with E-state index in [-0.39, 0.29) is 18.0 Å². The number of Topliss-reactive ketones (excluding diaryl/α,β-unsaturated/α-hetero) is 1. The van der Waals surface area contributed by atoms with Gasteiger partial charge < -0.3 is 4.74 Å². The first-order valence-corrected chi connectivity index (χ1v) is 4.90.